The zero-order valence-corrected chi connectivity index (χ0v) is 15.0. The highest BCUT2D eigenvalue weighted by Gasteiger charge is 2.24. The van der Waals surface area contributed by atoms with E-state index in [9.17, 15) is 0 Å². The van der Waals surface area contributed by atoms with Crippen LogP contribution < -0.4 is 16.0 Å². The first-order valence-corrected chi connectivity index (χ1v) is 9.63. The summed E-state index contributed by atoms with van der Waals surface area (Å²) >= 11 is 0. The minimum atomic E-state index is 0.553. The SMILES string of the molecule is CCC1CCCCN1c1ncnc(NCCN2CCCCC2)c1N. The highest BCUT2D eigenvalue weighted by Crippen LogP contribution is 2.31. The van der Waals surface area contributed by atoms with Gasteiger partial charge in [-0.25, -0.2) is 9.97 Å². The summed E-state index contributed by atoms with van der Waals surface area (Å²) in [6.45, 7) is 7.68. The Hall–Kier alpha value is -1.56. The Morgan fingerprint density at radius 2 is 1.92 bits per heavy atom. The van der Waals surface area contributed by atoms with Crippen molar-refractivity contribution in [2.24, 2.45) is 0 Å². The van der Waals surface area contributed by atoms with Gasteiger partial charge in [0.05, 0.1) is 0 Å². The summed E-state index contributed by atoms with van der Waals surface area (Å²) in [5, 5.41) is 3.43. The van der Waals surface area contributed by atoms with E-state index in [1.807, 2.05) is 0 Å². The van der Waals surface area contributed by atoms with E-state index in [4.69, 9.17) is 5.73 Å². The fourth-order valence-electron chi connectivity index (χ4n) is 3.98. The Balaban J connectivity index is 1.62. The Labute approximate surface area is 145 Å². The third-order valence-electron chi connectivity index (χ3n) is 5.40. The molecule has 0 aromatic carbocycles. The summed E-state index contributed by atoms with van der Waals surface area (Å²) in [5.41, 5.74) is 7.11. The van der Waals surface area contributed by atoms with Crippen molar-refractivity contribution in [3.63, 3.8) is 0 Å². The summed E-state index contributed by atoms with van der Waals surface area (Å²) in [6.07, 6.45) is 10.6. The van der Waals surface area contributed by atoms with Crippen LogP contribution >= 0.6 is 0 Å². The number of aromatic nitrogens is 2. The van der Waals surface area contributed by atoms with Crippen molar-refractivity contribution in [2.45, 2.75) is 57.9 Å². The van der Waals surface area contributed by atoms with Crippen LogP contribution in [0.2, 0.25) is 0 Å². The molecule has 0 radical (unpaired) electrons. The van der Waals surface area contributed by atoms with Gasteiger partial charge in [0, 0.05) is 25.7 Å². The van der Waals surface area contributed by atoms with Crippen molar-refractivity contribution in [3.05, 3.63) is 6.33 Å². The molecular formula is C18H32N6. The van der Waals surface area contributed by atoms with Crippen molar-refractivity contribution < 1.29 is 0 Å². The van der Waals surface area contributed by atoms with Crippen LogP contribution in [0, 0.1) is 0 Å². The first-order chi connectivity index (χ1) is 11.8. The number of hydrogen-bond donors (Lipinski definition) is 2. The zero-order chi connectivity index (χ0) is 16.8. The fraction of sp³-hybridized carbons (Fsp3) is 0.778. The molecule has 2 aliphatic rings. The van der Waals surface area contributed by atoms with Crippen LogP contribution in [0.15, 0.2) is 6.33 Å². The van der Waals surface area contributed by atoms with Crippen LogP contribution in [0.25, 0.3) is 0 Å². The Kier molecular flexibility index (Phi) is 6.12. The predicted molar refractivity (Wildman–Crippen MR) is 101 cm³/mol. The van der Waals surface area contributed by atoms with Gasteiger partial charge in [0.25, 0.3) is 0 Å². The first kappa shape index (κ1) is 17.3. The van der Waals surface area contributed by atoms with E-state index < -0.39 is 0 Å². The lowest BCUT2D eigenvalue weighted by molar-refractivity contribution is 0.237. The second-order valence-corrected chi connectivity index (χ2v) is 7.04. The highest BCUT2D eigenvalue weighted by molar-refractivity contribution is 5.75. The number of likely N-dealkylation sites (tertiary alicyclic amines) is 1. The van der Waals surface area contributed by atoms with Crippen molar-refractivity contribution in [1.29, 1.82) is 0 Å². The molecule has 1 unspecified atom stereocenters. The van der Waals surface area contributed by atoms with Crippen molar-refractivity contribution >= 4 is 17.3 Å². The maximum absolute atomic E-state index is 6.41. The van der Waals surface area contributed by atoms with Crippen LogP contribution in [0.3, 0.4) is 0 Å². The molecule has 2 saturated heterocycles. The first-order valence-electron chi connectivity index (χ1n) is 9.63. The minimum Gasteiger partial charge on any atom is -0.393 e. The summed E-state index contributed by atoms with van der Waals surface area (Å²) in [4.78, 5) is 13.8. The zero-order valence-electron chi connectivity index (χ0n) is 15.0. The van der Waals surface area contributed by atoms with Gasteiger partial charge in [-0.2, -0.15) is 0 Å². The van der Waals surface area contributed by atoms with E-state index in [1.165, 1.54) is 51.6 Å². The molecule has 1 aromatic rings. The van der Waals surface area contributed by atoms with Gasteiger partial charge in [-0.05, 0) is 51.6 Å². The third kappa shape index (κ3) is 4.09. The van der Waals surface area contributed by atoms with Gasteiger partial charge in [0.2, 0.25) is 0 Å². The van der Waals surface area contributed by atoms with E-state index in [0.29, 0.717) is 11.7 Å². The van der Waals surface area contributed by atoms with E-state index in [-0.39, 0.29) is 0 Å². The van der Waals surface area contributed by atoms with Crippen LogP contribution in [0.1, 0.15) is 51.9 Å². The molecule has 0 saturated carbocycles. The van der Waals surface area contributed by atoms with Gasteiger partial charge < -0.3 is 20.9 Å². The van der Waals surface area contributed by atoms with E-state index >= 15 is 0 Å². The Morgan fingerprint density at radius 3 is 2.71 bits per heavy atom. The molecular weight excluding hydrogens is 300 g/mol. The van der Waals surface area contributed by atoms with Crippen LogP contribution in [0.4, 0.5) is 17.3 Å². The number of rotatable bonds is 6. The number of nitrogens with zero attached hydrogens (tertiary/aromatic N) is 4. The second-order valence-electron chi connectivity index (χ2n) is 7.04. The lowest BCUT2D eigenvalue weighted by atomic mass is 10.00. The number of nitrogens with one attached hydrogen (secondary N) is 1. The number of nitrogens with two attached hydrogens (primary N) is 1. The number of nitrogen functional groups attached to an aromatic ring is 1. The van der Waals surface area contributed by atoms with Gasteiger partial charge >= 0.3 is 0 Å². The lowest BCUT2D eigenvalue weighted by Gasteiger charge is -2.36. The molecule has 0 amide bonds. The molecule has 6 nitrogen and oxygen atoms in total. The van der Waals surface area contributed by atoms with Gasteiger partial charge in [-0.3, -0.25) is 0 Å². The molecule has 3 N–H and O–H groups in total. The van der Waals surface area contributed by atoms with E-state index in [2.05, 4.69) is 32.0 Å². The minimum absolute atomic E-state index is 0.553. The van der Waals surface area contributed by atoms with Crippen molar-refractivity contribution in [2.75, 3.05) is 48.7 Å². The molecule has 1 aromatic heterocycles. The standard InChI is InChI=1S/C18H32N6/c1-2-15-8-4-7-12-24(15)18-16(19)17(21-14-22-18)20-9-13-23-10-5-3-6-11-23/h14-15H,2-13,19H2,1H3,(H,20,21,22). The maximum Gasteiger partial charge on any atom is 0.157 e. The predicted octanol–water partition coefficient (Wildman–Crippen LogP) is 2.73. The molecule has 134 valence electrons. The van der Waals surface area contributed by atoms with Gasteiger partial charge in [0.1, 0.15) is 12.0 Å². The molecule has 0 bridgehead atoms. The molecule has 3 heterocycles. The molecule has 3 rings (SSSR count). The molecule has 1 atom stereocenters. The molecule has 2 aliphatic heterocycles. The fourth-order valence-corrected chi connectivity index (χ4v) is 3.98. The second kappa shape index (κ2) is 8.51. The van der Waals surface area contributed by atoms with Crippen LogP contribution in [-0.4, -0.2) is 53.6 Å². The van der Waals surface area contributed by atoms with Gasteiger partial charge in [0.15, 0.2) is 11.6 Å². The van der Waals surface area contributed by atoms with E-state index in [1.54, 1.807) is 6.33 Å². The smallest absolute Gasteiger partial charge is 0.157 e. The molecule has 0 spiro atoms. The quantitative estimate of drug-likeness (QED) is 0.835. The number of anilines is 3. The molecule has 6 heteroatoms. The topological polar surface area (TPSA) is 70.3 Å². The third-order valence-corrected chi connectivity index (χ3v) is 5.40. The van der Waals surface area contributed by atoms with Crippen LogP contribution in [-0.2, 0) is 0 Å². The summed E-state index contributed by atoms with van der Waals surface area (Å²) in [7, 11) is 0. The Bertz CT molecular complexity index is 514. The van der Waals surface area contributed by atoms with Crippen molar-refractivity contribution in [1.82, 2.24) is 14.9 Å². The van der Waals surface area contributed by atoms with Gasteiger partial charge in [-0.1, -0.05) is 13.3 Å². The molecule has 2 fully saturated rings. The summed E-state index contributed by atoms with van der Waals surface area (Å²) < 4.78 is 0. The average Bonchev–Trinajstić information content (AvgIpc) is 2.64. The normalized spacial score (nSPS) is 22.5. The lowest BCUT2D eigenvalue weighted by Crippen LogP contribution is -2.40. The summed E-state index contributed by atoms with van der Waals surface area (Å²) in [5.74, 6) is 1.70. The monoisotopic (exact) mass is 332 g/mol. The average molecular weight is 332 g/mol. The van der Waals surface area contributed by atoms with E-state index in [0.717, 1.165) is 37.7 Å². The van der Waals surface area contributed by atoms with Gasteiger partial charge in [-0.15, -0.1) is 0 Å². The Morgan fingerprint density at radius 1 is 1.12 bits per heavy atom. The summed E-state index contributed by atoms with van der Waals surface area (Å²) in [6, 6.07) is 0.553. The number of hydrogen-bond acceptors (Lipinski definition) is 6. The van der Waals surface area contributed by atoms with Crippen molar-refractivity contribution in [3.8, 4) is 0 Å². The maximum atomic E-state index is 6.41. The molecule has 24 heavy (non-hydrogen) atoms. The number of piperidine rings is 2. The van der Waals surface area contributed by atoms with Crippen LogP contribution in [0.5, 0.6) is 0 Å². The highest BCUT2D eigenvalue weighted by atomic mass is 15.2. The largest absolute Gasteiger partial charge is 0.393 e. The molecule has 0 aliphatic carbocycles.